The van der Waals surface area contributed by atoms with E-state index in [-0.39, 0.29) is 27.3 Å². The van der Waals surface area contributed by atoms with E-state index in [1.54, 1.807) is 6.07 Å². The summed E-state index contributed by atoms with van der Waals surface area (Å²) in [5, 5.41) is 31.7. The highest BCUT2D eigenvalue weighted by atomic mass is 35.5. The summed E-state index contributed by atoms with van der Waals surface area (Å²) in [4.78, 5) is 24.7. The number of nitriles is 1. The molecular weight excluding hydrogens is 336 g/mol. The number of carboxylic acids is 1. The van der Waals surface area contributed by atoms with E-state index in [0.717, 1.165) is 0 Å². The second kappa shape index (κ2) is 6.85. The highest BCUT2D eigenvalue weighted by Crippen LogP contribution is 2.21. The van der Waals surface area contributed by atoms with Crippen molar-refractivity contribution in [2.24, 2.45) is 5.10 Å². The molecule has 4 N–H and O–H groups in total. The first-order valence-corrected chi connectivity index (χ1v) is 6.90. The Kier molecular flexibility index (Phi) is 4.87. The van der Waals surface area contributed by atoms with Gasteiger partial charge in [0.25, 0.3) is 5.56 Å². The molecule has 0 aliphatic heterocycles. The highest BCUT2D eigenvalue weighted by molar-refractivity contribution is 6.33. The summed E-state index contributed by atoms with van der Waals surface area (Å²) in [7, 11) is 0. The lowest BCUT2D eigenvalue weighted by atomic mass is 10.1. The van der Waals surface area contributed by atoms with Crippen LogP contribution in [-0.2, 0) is 0 Å². The van der Waals surface area contributed by atoms with E-state index in [9.17, 15) is 14.7 Å². The zero-order valence-corrected chi connectivity index (χ0v) is 13.0. The van der Waals surface area contributed by atoms with Gasteiger partial charge in [0.05, 0.1) is 28.1 Å². The Labute approximate surface area is 140 Å². The number of benzene rings is 1. The van der Waals surface area contributed by atoms with E-state index >= 15 is 0 Å². The summed E-state index contributed by atoms with van der Waals surface area (Å²) in [6, 6.07) is 5.96. The molecule has 0 spiro atoms. The monoisotopic (exact) mass is 346 g/mol. The SMILES string of the molecule is Cc1c(C=NNc2ccc(Cl)c(C(=O)O)c2)c(O)[nH]c(=O)c1C#N. The number of nitrogens with zero attached hydrogens (tertiary/aromatic N) is 2. The van der Waals surface area contributed by atoms with E-state index in [0.29, 0.717) is 5.69 Å². The molecule has 9 heteroatoms. The van der Waals surface area contributed by atoms with Crippen LogP contribution >= 0.6 is 11.6 Å². The van der Waals surface area contributed by atoms with Crippen molar-refractivity contribution in [3.05, 3.63) is 55.8 Å². The number of aromatic amines is 1. The molecule has 0 aliphatic rings. The number of aromatic hydroxyl groups is 1. The van der Waals surface area contributed by atoms with Crippen LogP contribution in [0.3, 0.4) is 0 Å². The number of carbonyl (C=O) groups is 1. The fraction of sp³-hybridized carbons (Fsp3) is 0.0667. The minimum atomic E-state index is -1.18. The summed E-state index contributed by atoms with van der Waals surface area (Å²) in [5.74, 6) is -1.61. The number of H-pyrrole nitrogens is 1. The van der Waals surface area contributed by atoms with Crippen LogP contribution in [0.25, 0.3) is 0 Å². The van der Waals surface area contributed by atoms with Gasteiger partial charge in [0.1, 0.15) is 11.6 Å². The van der Waals surface area contributed by atoms with Gasteiger partial charge in [0.15, 0.2) is 0 Å². The summed E-state index contributed by atoms with van der Waals surface area (Å²) in [5.41, 5.74) is 2.45. The summed E-state index contributed by atoms with van der Waals surface area (Å²) in [6.07, 6.45) is 1.20. The third-order valence-corrected chi connectivity index (χ3v) is 3.52. The van der Waals surface area contributed by atoms with E-state index in [1.807, 2.05) is 0 Å². The fourth-order valence-electron chi connectivity index (χ4n) is 1.94. The topological polar surface area (TPSA) is 139 Å². The quantitative estimate of drug-likeness (QED) is 0.493. The lowest BCUT2D eigenvalue weighted by Crippen LogP contribution is -2.14. The number of hydrogen-bond acceptors (Lipinski definition) is 6. The number of anilines is 1. The first-order chi connectivity index (χ1) is 11.3. The van der Waals surface area contributed by atoms with Crippen molar-refractivity contribution in [3.63, 3.8) is 0 Å². The van der Waals surface area contributed by atoms with Gasteiger partial charge in [-0.2, -0.15) is 10.4 Å². The Morgan fingerprint density at radius 3 is 2.83 bits per heavy atom. The Bertz CT molecular complexity index is 944. The fourth-order valence-corrected chi connectivity index (χ4v) is 2.14. The van der Waals surface area contributed by atoms with Crippen molar-refractivity contribution < 1.29 is 15.0 Å². The molecular formula is C15H11ClN4O4. The minimum absolute atomic E-state index is 0.0878. The number of aromatic nitrogens is 1. The van der Waals surface area contributed by atoms with Crippen LogP contribution in [0, 0.1) is 18.3 Å². The highest BCUT2D eigenvalue weighted by Gasteiger charge is 2.12. The number of aromatic carboxylic acids is 1. The molecule has 0 fully saturated rings. The van der Waals surface area contributed by atoms with Crippen LogP contribution in [0.15, 0.2) is 28.1 Å². The summed E-state index contributed by atoms with van der Waals surface area (Å²) in [6.45, 7) is 1.50. The van der Waals surface area contributed by atoms with Crippen molar-refractivity contribution >= 4 is 29.5 Å². The van der Waals surface area contributed by atoms with Crippen molar-refractivity contribution in [2.75, 3.05) is 5.43 Å². The molecule has 8 nitrogen and oxygen atoms in total. The van der Waals surface area contributed by atoms with E-state index in [1.165, 1.54) is 31.3 Å². The van der Waals surface area contributed by atoms with Crippen molar-refractivity contribution in [3.8, 4) is 11.9 Å². The van der Waals surface area contributed by atoms with Crippen LogP contribution in [0.4, 0.5) is 5.69 Å². The molecule has 2 aromatic rings. The normalized spacial score (nSPS) is 10.5. The maximum Gasteiger partial charge on any atom is 0.337 e. The minimum Gasteiger partial charge on any atom is -0.494 e. The smallest absolute Gasteiger partial charge is 0.337 e. The predicted octanol–water partition coefficient (Wildman–Crippen LogP) is 2.06. The maximum absolute atomic E-state index is 11.5. The first kappa shape index (κ1) is 17.1. The molecule has 24 heavy (non-hydrogen) atoms. The zero-order chi connectivity index (χ0) is 17.9. The Balaban J connectivity index is 2.31. The predicted molar refractivity (Wildman–Crippen MR) is 87.8 cm³/mol. The van der Waals surface area contributed by atoms with Gasteiger partial charge in [0.2, 0.25) is 5.88 Å². The van der Waals surface area contributed by atoms with Gasteiger partial charge in [-0.15, -0.1) is 0 Å². The Morgan fingerprint density at radius 2 is 2.21 bits per heavy atom. The lowest BCUT2D eigenvalue weighted by molar-refractivity contribution is 0.0697. The third-order valence-electron chi connectivity index (χ3n) is 3.19. The van der Waals surface area contributed by atoms with Gasteiger partial charge >= 0.3 is 5.97 Å². The second-order valence-electron chi connectivity index (χ2n) is 4.70. The standard InChI is InChI=1S/C15H11ClN4O4/c1-7-10(5-17)13(21)19-14(22)11(7)6-18-20-8-2-3-12(16)9(4-8)15(23)24/h2-4,6,20H,1H3,(H,23,24)(H2,19,21,22). The molecule has 0 radical (unpaired) electrons. The van der Waals surface area contributed by atoms with Gasteiger partial charge in [-0.05, 0) is 30.7 Å². The average molecular weight is 347 g/mol. The molecule has 1 heterocycles. The largest absolute Gasteiger partial charge is 0.494 e. The van der Waals surface area contributed by atoms with Crippen LogP contribution < -0.4 is 11.0 Å². The Morgan fingerprint density at radius 1 is 1.50 bits per heavy atom. The average Bonchev–Trinajstić information content (AvgIpc) is 2.52. The number of hydrogen-bond donors (Lipinski definition) is 4. The van der Waals surface area contributed by atoms with Crippen LogP contribution in [-0.4, -0.2) is 27.4 Å². The lowest BCUT2D eigenvalue weighted by Gasteiger charge is -2.06. The first-order valence-electron chi connectivity index (χ1n) is 6.53. The van der Waals surface area contributed by atoms with E-state index < -0.39 is 17.4 Å². The Hall–Kier alpha value is -3.31. The van der Waals surface area contributed by atoms with Gasteiger partial charge in [-0.3, -0.25) is 15.2 Å². The number of pyridine rings is 1. The van der Waals surface area contributed by atoms with Gasteiger partial charge < -0.3 is 10.2 Å². The van der Waals surface area contributed by atoms with Crippen molar-refractivity contribution in [1.82, 2.24) is 4.98 Å². The third kappa shape index (κ3) is 3.37. The van der Waals surface area contributed by atoms with Gasteiger partial charge in [-0.1, -0.05) is 11.6 Å². The van der Waals surface area contributed by atoms with Crippen molar-refractivity contribution in [1.29, 1.82) is 5.26 Å². The molecule has 0 bridgehead atoms. The van der Waals surface area contributed by atoms with Gasteiger partial charge in [-0.25, -0.2) is 4.79 Å². The molecule has 0 atom stereocenters. The molecule has 1 aromatic carbocycles. The van der Waals surface area contributed by atoms with Crippen LogP contribution in [0.2, 0.25) is 5.02 Å². The molecule has 0 amide bonds. The van der Waals surface area contributed by atoms with Crippen LogP contribution in [0.1, 0.15) is 27.0 Å². The van der Waals surface area contributed by atoms with E-state index in [2.05, 4.69) is 15.5 Å². The molecule has 2 rings (SSSR count). The number of carboxylic acid groups (broad SMARTS) is 1. The van der Waals surface area contributed by atoms with E-state index in [4.69, 9.17) is 22.0 Å². The second-order valence-corrected chi connectivity index (χ2v) is 5.11. The van der Waals surface area contributed by atoms with Crippen molar-refractivity contribution in [2.45, 2.75) is 6.92 Å². The zero-order valence-electron chi connectivity index (χ0n) is 12.3. The number of hydrazone groups is 1. The molecule has 1 aromatic heterocycles. The molecule has 0 saturated heterocycles. The number of nitrogens with one attached hydrogen (secondary N) is 2. The van der Waals surface area contributed by atoms with Crippen LogP contribution in [0.5, 0.6) is 5.88 Å². The molecule has 0 unspecified atom stereocenters. The summed E-state index contributed by atoms with van der Waals surface area (Å²) >= 11 is 5.77. The molecule has 0 aliphatic carbocycles. The molecule has 122 valence electrons. The maximum atomic E-state index is 11.5. The molecule has 0 saturated carbocycles. The summed E-state index contributed by atoms with van der Waals surface area (Å²) < 4.78 is 0. The number of rotatable bonds is 4. The van der Waals surface area contributed by atoms with Gasteiger partial charge in [0, 0.05) is 0 Å². The number of halogens is 1.